The summed E-state index contributed by atoms with van der Waals surface area (Å²) in [6.07, 6.45) is 7.23. The second-order valence-electron chi connectivity index (χ2n) is 7.40. The summed E-state index contributed by atoms with van der Waals surface area (Å²) in [7, 11) is 0. The van der Waals surface area contributed by atoms with Gasteiger partial charge in [0.05, 0.1) is 6.54 Å². The highest BCUT2D eigenvalue weighted by Gasteiger charge is 2.48. The van der Waals surface area contributed by atoms with Gasteiger partial charge in [0.1, 0.15) is 23.4 Å². The van der Waals surface area contributed by atoms with E-state index in [-0.39, 0.29) is 11.8 Å². The summed E-state index contributed by atoms with van der Waals surface area (Å²) < 4.78 is 8.47. The van der Waals surface area contributed by atoms with E-state index < -0.39 is 11.7 Å². The number of carbonyl (C=O) groups excluding carboxylic acids is 2. The highest BCUT2D eigenvalue weighted by molar-refractivity contribution is 5.92. The highest BCUT2D eigenvalue weighted by Crippen LogP contribution is 2.40. The van der Waals surface area contributed by atoms with E-state index in [1.165, 1.54) is 6.33 Å². The predicted molar refractivity (Wildman–Crippen MR) is 104 cm³/mol. The van der Waals surface area contributed by atoms with Gasteiger partial charge in [0.25, 0.3) is 11.8 Å². The van der Waals surface area contributed by atoms with E-state index in [9.17, 15) is 9.59 Å². The Morgan fingerprint density at radius 2 is 1.97 bits per heavy atom. The van der Waals surface area contributed by atoms with E-state index in [1.807, 2.05) is 24.6 Å². The van der Waals surface area contributed by atoms with Gasteiger partial charge >= 0.3 is 0 Å². The van der Waals surface area contributed by atoms with Crippen molar-refractivity contribution in [1.82, 2.24) is 29.3 Å². The van der Waals surface area contributed by atoms with Gasteiger partial charge in [-0.1, -0.05) is 0 Å². The third kappa shape index (κ3) is 3.50. The van der Waals surface area contributed by atoms with Crippen molar-refractivity contribution in [3.63, 3.8) is 0 Å². The van der Waals surface area contributed by atoms with Gasteiger partial charge in [-0.3, -0.25) is 9.59 Å². The Kier molecular flexibility index (Phi) is 5.31. The number of likely N-dealkylation sites (N-methyl/N-ethyl adjacent to an activating group) is 1. The number of imidazole rings is 1. The molecule has 0 bridgehead atoms. The number of ether oxygens (including phenoxy) is 1. The van der Waals surface area contributed by atoms with E-state index >= 15 is 0 Å². The number of carbonyl (C=O) groups is 2. The molecule has 9 heteroatoms. The Morgan fingerprint density at radius 3 is 2.62 bits per heavy atom. The van der Waals surface area contributed by atoms with Gasteiger partial charge in [0, 0.05) is 57.6 Å². The Morgan fingerprint density at radius 1 is 1.21 bits per heavy atom. The largest absolute Gasteiger partial charge is 0.352 e. The first-order chi connectivity index (χ1) is 14.1. The summed E-state index contributed by atoms with van der Waals surface area (Å²) in [6, 6.07) is 1.62. The van der Waals surface area contributed by atoms with E-state index in [1.54, 1.807) is 28.3 Å². The third-order valence-electron chi connectivity index (χ3n) is 5.86. The first kappa shape index (κ1) is 19.5. The molecule has 1 fully saturated rings. The van der Waals surface area contributed by atoms with Crippen LogP contribution in [0.3, 0.4) is 0 Å². The molecule has 29 heavy (non-hydrogen) atoms. The fraction of sp³-hybridized carbons (Fsp3) is 0.550. The zero-order chi connectivity index (χ0) is 20.4. The minimum atomic E-state index is -0.655. The fourth-order valence-corrected chi connectivity index (χ4v) is 4.26. The quantitative estimate of drug-likeness (QED) is 0.765. The van der Waals surface area contributed by atoms with Crippen LogP contribution in [0.15, 0.2) is 31.0 Å². The minimum Gasteiger partial charge on any atom is -0.352 e. The predicted octanol–water partition coefficient (Wildman–Crippen LogP) is 1.07. The first-order valence-electron chi connectivity index (χ1n) is 10.1. The molecule has 1 spiro atoms. The molecule has 0 N–H and O–H groups in total. The lowest BCUT2D eigenvalue weighted by molar-refractivity contribution is -0.179. The Hall–Kier alpha value is -2.81. The number of hydrogen-bond donors (Lipinski definition) is 0. The number of piperidine rings is 1. The molecule has 0 radical (unpaired) electrons. The topological polar surface area (TPSA) is 93.5 Å². The van der Waals surface area contributed by atoms with Gasteiger partial charge in [0.15, 0.2) is 6.10 Å². The summed E-state index contributed by atoms with van der Waals surface area (Å²) >= 11 is 0. The molecule has 0 unspecified atom stereocenters. The Bertz CT molecular complexity index is 871. The lowest BCUT2D eigenvalue weighted by Crippen LogP contribution is -2.55. The Labute approximate surface area is 169 Å². The molecule has 2 aromatic heterocycles. The van der Waals surface area contributed by atoms with Crippen molar-refractivity contribution in [2.24, 2.45) is 0 Å². The maximum Gasteiger partial charge on any atom is 0.272 e. The van der Waals surface area contributed by atoms with Crippen LogP contribution in [0.4, 0.5) is 0 Å². The molecule has 0 aromatic carbocycles. The van der Waals surface area contributed by atoms with Gasteiger partial charge in [-0.25, -0.2) is 15.0 Å². The van der Waals surface area contributed by atoms with Crippen molar-refractivity contribution in [2.75, 3.05) is 26.2 Å². The normalized spacial score (nSPS) is 20.3. The van der Waals surface area contributed by atoms with Crippen LogP contribution in [0.25, 0.3) is 0 Å². The van der Waals surface area contributed by atoms with Gasteiger partial charge in [-0.15, -0.1) is 0 Å². The van der Waals surface area contributed by atoms with Crippen LogP contribution < -0.4 is 0 Å². The number of fused-ring (bicyclic) bond motifs is 2. The summed E-state index contributed by atoms with van der Waals surface area (Å²) in [4.78, 5) is 41.7. The summed E-state index contributed by atoms with van der Waals surface area (Å²) in [5, 5.41) is 0. The maximum absolute atomic E-state index is 13.0. The molecule has 0 saturated carbocycles. The van der Waals surface area contributed by atoms with Crippen molar-refractivity contribution >= 4 is 11.8 Å². The molecule has 1 saturated heterocycles. The summed E-state index contributed by atoms with van der Waals surface area (Å²) in [5.74, 6) is 0.737. The molecular formula is C20H26N6O3. The fourth-order valence-electron chi connectivity index (χ4n) is 4.26. The number of nitrogens with zero attached hydrogens (tertiary/aromatic N) is 6. The van der Waals surface area contributed by atoms with Gasteiger partial charge in [0.2, 0.25) is 0 Å². The maximum atomic E-state index is 13.0. The Balaban J connectivity index is 1.53. The lowest BCUT2D eigenvalue weighted by atomic mass is 9.88. The van der Waals surface area contributed by atoms with Crippen LogP contribution in [0.5, 0.6) is 0 Å². The molecule has 2 aliphatic rings. The minimum absolute atomic E-state index is 0.00761. The number of amides is 2. The first-order valence-corrected chi connectivity index (χ1v) is 10.1. The van der Waals surface area contributed by atoms with Crippen LogP contribution in [0, 0.1) is 0 Å². The van der Waals surface area contributed by atoms with E-state index in [4.69, 9.17) is 4.74 Å². The molecule has 0 aliphatic carbocycles. The van der Waals surface area contributed by atoms with E-state index in [0.717, 1.165) is 5.82 Å². The van der Waals surface area contributed by atoms with Crippen LogP contribution in [0.2, 0.25) is 0 Å². The number of rotatable bonds is 4. The molecule has 4 heterocycles. The van der Waals surface area contributed by atoms with E-state index in [2.05, 4.69) is 15.0 Å². The second kappa shape index (κ2) is 7.90. The molecular weight excluding hydrogens is 372 g/mol. The zero-order valence-electron chi connectivity index (χ0n) is 16.8. The third-order valence-corrected chi connectivity index (χ3v) is 5.86. The summed E-state index contributed by atoms with van der Waals surface area (Å²) in [5.41, 5.74) is -0.269. The van der Waals surface area contributed by atoms with Gasteiger partial charge in [-0.05, 0) is 19.9 Å². The molecule has 4 rings (SSSR count). The van der Waals surface area contributed by atoms with Crippen LogP contribution in [0.1, 0.15) is 43.0 Å². The van der Waals surface area contributed by atoms with Crippen molar-refractivity contribution in [1.29, 1.82) is 0 Å². The average Bonchev–Trinajstić information content (AvgIpc) is 3.25. The standard InChI is InChI=1S/C20H26N6O3/c1-3-24(4-2)18(28)16-13-26-12-9-22-19(26)20(29-16)6-10-25(11-7-20)17(27)15-5-8-21-14-23-15/h5,8-9,12,14,16H,3-4,6-7,10-11,13H2,1-2H3/t16-/m0/s1. The van der Waals surface area contributed by atoms with Crippen molar-refractivity contribution in [2.45, 2.75) is 44.9 Å². The molecule has 1 atom stereocenters. The molecule has 9 nitrogen and oxygen atoms in total. The van der Waals surface area contributed by atoms with Crippen molar-refractivity contribution in [3.8, 4) is 0 Å². The van der Waals surface area contributed by atoms with Crippen molar-refractivity contribution < 1.29 is 14.3 Å². The number of hydrogen-bond acceptors (Lipinski definition) is 6. The van der Waals surface area contributed by atoms with Crippen LogP contribution >= 0.6 is 0 Å². The number of aromatic nitrogens is 4. The number of likely N-dealkylation sites (tertiary alicyclic amines) is 1. The summed E-state index contributed by atoms with van der Waals surface area (Å²) in [6.45, 7) is 6.75. The molecule has 2 amide bonds. The van der Waals surface area contributed by atoms with Gasteiger partial charge < -0.3 is 19.1 Å². The highest BCUT2D eigenvalue weighted by atomic mass is 16.5. The lowest BCUT2D eigenvalue weighted by Gasteiger charge is -2.46. The molecule has 154 valence electrons. The molecule has 2 aromatic rings. The van der Waals surface area contributed by atoms with E-state index in [0.29, 0.717) is 51.3 Å². The van der Waals surface area contributed by atoms with Crippen molar-refractivity contribution in [3.05, 3.63) is 42.5 Å². The monoisotopic (exact) mass is 398 g/mol. The van der Waals surface area contributed by atoms with Crippen LogP contribution in [-0.2, 0) is 21.7 Å². The smallest absolute Gasteiger partial charge is 0.272 e. The molecule has 2 aliphatic heterocycles. The van der Waals surface area contributed by atoms with Crippen LogP contribution in [-0.4, -0.2) is 73.4 Å². The van der Waals surface area contributed by atoms with Gasteiger partial charge in [-0.2, -0.15) is 0 Å². The second-order valence-corrected chi connectivity index (χ2v) is 7.40. The zero-order valence-corrected chi connectivity index (χ0v) is 16.8. The average molecular weight is 398 g/mol. The SMILES string of the molecule is CCN(CC)C(=O)[C@@H]1Cn2ccnc2C2(CCN(C(=O)c3ccncn3)CC2)O1.